The Morgan fingerprint density at radius 2 is 2.32 bits per heavy atom. The fourth-order valence-corrected chi connectivity index (χ4v) is 4.99. The Labute approximate surface area is 157 Å². The molecule has 1 aromatic carbocycles. The van der Waals surface area contributed by atoms with Crippen LogP contribution in [0.2, 0.25) is 0 Å². The van der Waals surface area contributed by atoms with Crippen molar-refractivity contribution in [3.8, 4) is 5.75 Å². The summed E-state index contributed by atoms with van der Waals surface area (Å²) in [5.41, 5.74) is 6.63. The van der Waals surface area contributed by atoms with Crippen LogP contribution < -0.4 is 36.4 Å². The van der Waals surface area contributed by atoms with Gasteiger partial charge in [0.25, 0.3) is 0 Å². The number of piperidine rings is 1. The molecule has 1 aromatic rings. The fraction of sp³-hybridized carbons (Fsp3) is 0.467. The molecule has 0 radical (unpaired) electrons. The SMILES string of the molecule is C[I-]C(=O)N1CCCC(COc2cccc3c2C(N)=NS(=O)(=O)N3)C1. The summed E-state index contributed by atoms with van der Waals surface area (Å²) >= 11 is -0.428. The number of halogens is 1. The van der Waals surface area contributed by atoms with Crippen LogP contribution in [0.25, 0.3) is 0 Å². The number of hydrogen-bond acceptors (Lipinski definition) is 5. The Morgan fingerprint density at radius 3 is 3.08 bits per heavy atom. The second kappa shape index (κ2) is 7.36. The van der Waals surface area contributed by atoms with Crippen LogP contribution in [0.15, 0.2) is 22.6 Å². The third kappa shape index (κ3) is 4.17. The molecule has 0 aromatic heterocycles. The van der Waals surface area contributed by atoms with Gasteiger partial charge >= 0.3 is 157 Å². The summed E-state index contributed by atoms with van der Waals surface area (Å²) in [7, 11) is -3.80. The molecule has 1 fully saturated rings. The van der Waals surface area contributed by atoms with E-state index in [2.05, 4.69) is 9.12 Å². The van der Waals surface area contributed by atoms with Crippen molar-refractivity contribution in [2.75, 3.05) is 29.3 Å². The minimum atomic E-state index is -3.80. The van der Waals surface area contributed by atoms with Crippen LogP contribution in [0.5, 0.6) is 5.75 Å². The van der Waals surface area contributed by atoms with Crippen molar-refractivity contribution in [2.24, 2.45) is 16.0 Å². The third-order valence-corrected chi connectivity index (χ3v) is 6.66. The van der Waals surface area contributed by atoms with E-state index < -0.39 is 31.4 Å². The zero-order valence-electron chi connectivity index (χ0n) is 13.7. The number of fused-ring (bicyclic) bond motifs is 1. The Kier molecular flexibility index (Phi) is 5.37. The molecule has 138 valence electrons. The van der Waals surface area contributed by atoms with Crippen LogP contribution in [-0.2, 0) is 10.2 Å². The zero-order chi connectivity index (χ0) is 18.0. The number of hydrogen-bond donors (Lipinski definition) is 2. The molecule has 1 atom stereocenters. The number of likely N-dealkylation sites (tertiary alicyclic amines) is 1. The molecule has 3 rings (SSSR count). The Bertz CT molecular complexity index is 812. The average molecular weight is 479 g/mol. The monoisotopic (exact) mass is 479 g/mol. The molecule has 3 N–H and O–H groups in total. The second-order valence-electron chi connectivity index (χ2n) is 5.94. The quantitative estimate of drug-likeness (QED) is 0.224. The maximum atomic E-state index is 11.9. The molecule has 2 heterocycles. The van der Waals surface area contributed by atoms with Gasteiger partial charge in [0.1, 0.15) is 0 Å². The molecule has 1 amide bonds. The van der Waals surface area contributed by atoms with Gasteiger partial charge < -0.3 is 0 Å². The van der Waals surface area contributed by atoms with Gasteiger partial charge in [0.15, 0.2) is 0 Å². The normalized spacial score (nSPS) is 21.9. The Balaban J connectivity index is 1.72. The third-order valence-electron chi connectivity index (χ3n) is 4.14. The first-order valence-electron chi connectivity index (χ1n) is 7.82. The van der Waals surface area contributed by atoms with Crippen molar-refractivity contribution < 1.29 is 39.2 Å². The van der Waals surface area contributed by atoms with Crippen LogP contribution >= 0.6 is 0 Å². The van der Waals surface area contributed by atoms with E-state index >= 15 is 0 Å². The molecular weight excluding hydrogens is 459 g/mol. The van der Waals surface area contributed by atoms with Crippen LogP contribution in [0.1, 0.15) is 18.4 Å². The van der Waals surface area contributed by atoms with Gasteiger partial charge in [-0.2, -0.15) is 0 Å². The number of alkyl halides is 1. The van der Waals surface area contributed by atoms with E-state index in [0.717, 1.165) is 19.4 Å². The second-order valence-corrected chi connectivity index (χ2v) is 9.28. The van der Waals surface area contributed by atoms with Gasteiger partial charge in [0.2, 0.25) is 0 Å². The van der Waals surface area contributed by atoms with E-state index in [1.54, 1.807) is 18.2 Å². The van der Waals surface area contributed by atoms with E-state index in [0.29, 0.717) is 30.2 Å². The fourth-order valence-electron chi connectivity index (χ4n) is 3.03. The number of nitrogens with two attached hydrogens (primary N) is 1. The minimum absolute atomic E-state index is 0.0828. The van der Waals surface area contributed by atoms with E-state index in [1.807, 2.05) is 9.83 Å². The number of amides is 1. The maximum absolute atomic E-state index is 11.9. The number of anilines is 1. The summed E-state index contributed by atoms with van der Waals surface area (Å²) in [5.74, 6) is 0.663. The number of nitrogens with one attached hydrogen (secondary N) is 1. The molecule has 0 saturated carbocycles. The summed E-state index contributed by atoms with van der Waals surface area (Å²) in [5, 5.41) is 0. The number of amidine groups is 1. The molecule has 1 saturated heterocycles. The zero-order valence-corrected chi connectivity index (χ0v) is 16.7. The first-order chi connectivity index (χ1) is 11.9. The van der Waals surface area contributed by atoms with Gasteiger partial charge in [-0.25, -0.2) is 0 Å². The van der Waals surface area contributed by atoms with Crippen molar-refractivity contribution >= 4 is 25.6 Å². The molecule has 0 bridgehead atoms. The molecule has 10 heteroatoms. The summed E-state index contributed by atoms with van der Waals surface area (Å²) in [6, 6.07) is 5.06. The summed E-state index contributed by atoms with van der Waals surface area (Å²) < 4.78 is 35.3. The van der Waals surface area contributed by atoms with E-state index in [9.17, 15) is 13.2 Å². The predicted octanol–water partition coefficient (Wildman–Crippen LogP) is -2.01. The van der Waals surface area contributed by atoms with E-state index in [-0.39, 0.29) is 15.7 Å². The standard InChI is InChI=1S/C15H20IN4O4S/c1-16-15(21)20-7-3-4-10(8-20)9-24-12-6-2-5-11-13(12)14(17)19-25(22,23)18-11/h2,5-6,10,18H,3-4,7-9H2,1H3,(H2,17,19)/q-1. The molecule has 25 heavy (non-hydrogen) atoms. The number of benzene rings is 1. The van der Waals surface area contributed by atoms with Gasteiger partial charge in [-0.3, -0.25) is 0 Å². The average Bonchev–Trinajstić information content (AvgIpc) is 2.58. The van der Waals surface area contributed by atoms with Crippen LogP contribution in [-0.4, -0.2) is 47.7 Å². The molecule has 2 aliphatic heterocycles. The van der Waals surface area contributed by atoms with E-state index in [4.69, 9.17) is 10.5 Å². The predicted molar refractivity (Wildman–Crippen MR) is 90.8 cm³/mol. The van der Waals surface area contributed by atoms with Crippen molar-refractivity contribution in [2.45, 2.75) is 12.8 Å². The van der Waals surface area contributed by atoms with E-state index in [1.165, 1.54) is 0 Å². The Morgan fingerprint density at radius 1 is 1.52 bits per heavy atom. The van der Waals surface area contributed by atoms with Crippen LogP contribution in [0, 0.1) is 5.92 Å². The molecule has 0 aliphatic carbocycles. The molecular formula is C15H20IN4O4S-. The van der Waals surface area contributed by atoms with Crippen molar-refractivity contribution in [3.63, 3.8) is 0 Å². The number of nitrogens with zero attached hydrogens (tertiary/aromatic N) is 2. The number of rotatable bonds is 4. The summed E-state index contributed by atoms with van der Waals surface area (Å²) in [4.78, 5) is 15.8. The number of carbonyl (C=O) groups excluding carboxylic acids is 1. The molecule has 8 nitrogen and oxygen atoms in total. The van der Waals surface area contributed by atoms with Gasteiger partial charge in [0, 0.05) is 0 Å². The molecule has 0 spiro atoms. The van der Waals surface area contributed by atoms with Crippen LogP contribution in [0.4, 0.5) is 10.5 Å². The van der Waals surface area contributed by atoms with Crippen molar-refractivity contribution in [3.05, 3.63) is 23.8 Å². The number of carbonyl (C=O) groups is 1. The van der Waals surface area contributed by atoms with Crippen molar-refractivity contribution in [1.82, 2.24) is 4.90 Å². The van der Waals surface area contributed by atoms with Gasteiger partial charge in [-0.1, -0.05) is 0 Å². The van der Waals surface area contributed by atoms with Crippen molar-refractivity contribution in [1.29, 1.82) is 0 Å². The topological polar surface area (TPSA) is 114 Å². The summed E-state index contributed by atoms with van der Waals surface area (Å²) in [6.45, 7) is 1.98. The van der Waals surface area contributed by atoms with Gasteiger partial charge in [0.05, 0.1) is 0 Å². The number of ether oxygens (including phenoxy) is 1. The van der Waals surface area contributed by atoms with Crippen LogP contribution in [0.3, 0.4) is 0 Å². The first-order valence-corrected chi connectivity index (χ1v) is 12.5. The first kappa shape index (κ1) is 18.2. The van der Waals surface area contributed by atoms with Gasteiger partial charge in [-0.15, -0.1) is 0 Å². The summed E-state index contributed by atoms with van der Waals surface area (Å²) in [6.07, 6.45) is 1.97. The molecule has 1 unspecified atom stereocenters. The van der Waals surface area contributed by atoms with Gasteiger partial charge in [-0.05, 0) is 0 Å². The Hall–Kier alpha value is -1.56. The molecule has 2 aliphatic rings.